The minimum absolute atomic E-state index is 0.0303. The van der Waals surface area contributed by atoms with Crippen LogP contribution in [0.3, 0.4) is 0 Å². The summed E-state index contributed by atoms with van der Waals surface area (Å²) < 4.78 is 0. The van der Waals surface area contributed by atoms with Gasteiger partial charge in [-0.3, -0.25) is 4.79 Å². The number of aliphatic imine (C=N–C) groups is 1. The predicted molar refractivity (Wildman–Crippen MR) is 80.6 cm³/mol. The average Bonchev–Trinajstić information content (AvgIpc) is 2.38. The molecule has 110 valence electrons. The van der Waals surface area contributed by atoms with Gasteiger partial charge in [-0.2, -0.15) is 4.99 Å². The van der Waals surface area contributed by atoms with E-state index in [1.165, 1.54) is 0 Å². The van der Waals surface area contributed by atoms with Crippen LogP contribution in [0.5, 0.6) is 0 Å². The molecular formula is C12H19ClN6O. The Labute approximate surface area is 122 Å². The molecule has 0 aliphatic carbocycles. The maximum atomic E-state index is 11.9. The number of rotatable bonds is 6. The number of aromatic nitrogens is 2. The number of nitrogen functional groups attached to an aromatic ring is 2. The number of hydrogen-bond acceptors (Lipinski definition) is 5. The quantitative estimate of drug-likeness (QED) is 0.416. The Balaban J connectivity index is 2.72. The highest BCUT2D eigenvalue weighted by atomic mass is 35.5. The zero-order valence-electron chi connectivity index (χ0n) is 11.4. The first-order valence-electron chi connectivity index (χ1n) is 6.41. The molecule has 0 fully saturated rings. The number of hydrogen-bond donors (Lipinski definition) is 3. The molecule has 0 aliphatic heterocycles. The molecule has 0 spiro atoms. The van der Waals surface area contributed by atoms with Crippen molar-refractivity contribution < 1.29 is 4.79 Å². The maximum Gasteiger partial charge on any atom is 0.301 e. The third-order valence-corrected chi connectivity index (χ3v) is 2.92. The lowest BCUT2D eigenvalue weighted by Crippen LogP contribution is -2.16. The third kappa shape index (κ3) is 4.65. The summed E-state index contributed by atoms with van der Waals surface area (Å²) in [6, 6.07) is 0. The van der Waals surface area contributed by atoms with E-state index in [0.29, 0.717) is 6.42 Å². The number of unbranched alkanes of at least 4 members (excludes halogenated alkanes) is 3. The average molecular weight is 299 g/mol. The molecule has 6 N–H and O–H groups in total. The molecule has 1 rings (SSSR count). The molecule has 1 aromatic heterocycles. The van der Waals surface area contributed by atoms with Crippen LogP contribution in [0.1, 0.15) is 49.5 Å². The zero-order valence-corrected chi connectivity index (χ0v) is 12.2. The normalized spacial score (nSPS) is 11.6. The minimum Gasteiger partial charge on any atom is -0.387 e. The summed E-state index contributed by atoms with van der Waals surface area (Å²) in [4.78, 5) is 23.1. The molecule has 0 radical (unpaired) electrons. The van der Waals surface area contributed by atoms with E-state index < -0.39 is 5.91 Å². The van der Waals surface area contributed by atoms with Gasteiger partial charge in [-0.25, -0.2) is 9.97 Å². The molecule has 1 heterocycles. The van der Waals surface area contributed by atoms with Crippen molar-refractivity contribution in [1.82, 2.24) is 9.97 Å². The van der Waals surface area contributed by atoms with Gasteiger partial charge in [0, 0.05) is 6.42 Å². The smallest absolute Gasteiger partial charge is 0.301 e. The highest BCUT2D eigenvalue weighted by Crippen LogP contribution is 2.18. The lowest BCUT2D eigenvalue weighted by Gasteiger charge is -2.04. The number of nitrogens with zero attached hydrogens (tertiary/aromatic N) is 3. The second-order valence-corrected chi connectivity index (χ2v) is 4.71. The highest BCUT2D eigenvalue weighted by Gasteiger charge is 2.15. The molecule has 0 bridgehead atoms. The van der Waals surface area contributed by atoms with Crippen LogP contribution in [0.25, 0.3) is 0 Å². The number of carbonyl (C=O) groups is 1. The van der Waals surface area contributed by atoms with Crippen molar-refractivity contribution >= 4 is 35.0 Å². The van der Waals surface area contributed by atoms with Crippen LogP contribution in [0.4, 0.5) is 11.6 Å². The Morgan fingerprint density at radius 3 is 2.55 bits per heavy atom. The summed E-state index contributed by atoms with van der Waals surface area (Å²) in [5, 5.41) is -0.0840. The predicted octanol–water partition coefficient (Wildman–Crippen LogP) is 1.76. The van der Waals surface area contributed by atoms with E-state index in [9.17, 15) is 4.79 Å². The summed E-state index contributed by atoms with van der Waals surface area (Å²) in [6.45, 7) is 2.12. The summed E-state index contributed by atoms with van der Waals surface area (Å²) in [6.07, 6.45) is 4.76. The molecule has 7 nitrogen and oxygen atoms in total. The van der Waals surface area contributed by atoms with Gasteiger partial charge in [0.25, 0.3) is 0 Å². The van der Waals surface area contributed by atoms with E-state index in [0.717, 1.165) is 25.7 Å². The van der Waals surface area contributed by atoms with E-state index in [-0.39, 0.29) is 28.3 Å². The fraction of sp³-hybridized carbons (Fsp3) is 0.500. The second kappa shape index (κ2) is 7.64. The summed E-state index contributed by atoms with van der Waals surface area (Å²) in [5.41, 5.74) is 16.5. The lowest BCUT2D eigenvalue weighted by atomic mass is 10.1. The largest absolute Gasteiger partial charge is 0.387 e. The Morgan fingerprint density at radius 2 is 1.90 bits per heavy atom. The highest BCUT2D eigenvalue weighted by molar-refractivity contribution is 6.31. The van der Waals surface area contributed by atoms with E-state index >= 15 is 0 Å². The monoisotopic (exact) mass is 298 g/mol. The van der Waals surface area contributed by atoms with Gasteiger partial charge in [0.1, 0.15) is 5.84 Å². The van der Waals surface area contributed by atoms with Gasteiger partial charge in [-0.05, 0) is 6.42 Å². The van der Waals surface area contributed by atoms with E-state index in [1.54, 1.807) is 0 Å². The third-order valence-electron chi connectivity index (χ3n) is 2.64. The maximum absolute atomic E-state index is 11.9. The summed E-state index contributed by atoms with van der Waals surface area (Å²) in [7, 11) is 0. The van der Waals surface area contributed by atoms with E-state index in [2.05, 4.69) is 21.9 Å². The van der Waals surface area contributed by atoms with Crippen molar-refractivity contribution in [3.8, 4) is 0 Å². The van der Waals surface area contributed by atoms with E-state index in [4.69, 9.17) is 28.8 Å². The molecule has 0 aromatic carbocycles. The number of nitrogens with two attached hydrogens (primary N) is 3. The fourth-order valence-corrected chi connectivity index (χ4v) is 1.70. The van der Waals surface area contributed by atoms with Crippen molar-refractivity contribution in [2.45, 2.75) is 39.0 Å². The van der Waals surface area contributed by atoms with Crippen LogP contribution in [0, 0.1) is 0 Å². The molecule has 0 atom stereocenters. The SMILES string of the molecule is CCCCCCC(N)=NC(=O)c1nc(Cl)c(N)nc1N. The molecule has 20 heavy (non-hydrogen) atoms. The lowest BCUT2D eigenvalue weighted by molar-refractivity contribution is 0.0998. The second-order valence-electron chi connectivity index (χ2n) is 4.35. The molecule has 1 aromatic rings. The van der Waals surface area contributed by atoms with Gasteiger partial charge in [0.05, 0.1) is 0 Å². The molecule has 0 saturated carbocycles. The first kappa shape index (κ1) is 16.2. The van der Waals surface area contributed by atoms with Crippen LogP contribution in [0.15, 0.2) is 4.99 Å². The Hall–Kier alpha value is -1.89. The van der Waals surface area contributed by atoms with Crippen LogP contribution in [-0.4, -0.2) is 21.7 Å². The van der Waals surface area contributed by atoms with Crippen LogP contribution < -0.4 is 17.2 Å². The topological polar surface area (TPSA) is 133 Å². The van der Waals surface area contributed by atoms with E-state index in [1.807, 2.05) is 0 Å². The van der Waals surface area contributed by atoms with Crippen molar-refractivity contribution in [2.24, 2.45) is 10.7 Å². The molecule has 0 unspecified atom stereocenters. The number of carbonyl (C=O) groups excluding carboxylic acids is 1. The van der Waals surface area contributed by atoms with Gasteiger partial charge < -0.3 is 17.2 Å². The Kier molecular flexibility index (Phi) is 6.17. The number of amidine groups is 1. The van der Waals surface area contributed by atoms with Crippen molar-refractivity contribution in [3.63, 3.8) is 0 Å². The molecule has 1 amide bonds. The van der Waals surface area contributed by atoms with Crippen molar-refractivity contribution in [1.29, 1.82) is 0 Å². The number of halogens is 1. The van der Waals surface area contributed by atoms with Crippen LogP contribution >= 0.6 is 11.6 Å². The fourth-order valence-electron chi connectivity index (χ4n) is 1.57. The Morgan fingerprint density at radius 1 is 1.20 bits per heavy atom. The summed E-state index contributed by atoms with van der Waals surface area (Å²) >= 11 is 5.70. The van der Waals surface area contributed by atoms with Crippen LogP contribution in [0.2, 0.25) is 5.15 Å². The standard InChI is InChI=1S/C12H19ClN6O/c1-2-3-4-5-6-7(14)17-12(20)8-10(15)19-11(16)9(13)18-8/h2-6H2,1H3,(H2,14,17,20)(H4,15,16,19). The first-order chi connectivity index (χ1) is 9.45. The van der Waals surface area contributed by atoms with Gasteiger partial charge >= 0.3 is 5.91 Å². The van der Waals surface area contributed by atoms with Gasteiger partial charge in [-0.1, -0.05) is 37.8 Å². The molecule has 0 saturated heterocycles. The Bertz CT molecular complexity index is 517. The zero-order chi connectivity index (χ0) is 15.1. The van der Waals surface area contributed by atoms with Gasteiger partial charge in [-0.15, -0.1) is 0 Å². The number of amides is 1. The number of anilines is 2. The van der Waals surface area contributed by atoms with Crippen molar-refractivity contribution in [3.05, 3.63) is 10.8 Å². The van der Waals surface area contributed by atoms with Gasteiger partial charge in [0.15, 0.2) is 22.5 Å². The molecule has 0 aliphatic rings. The van der Waals surface area contributed by atoms with Crippen molar-refractivity contribution in [2.75, 3.05) is 11.5 Å². The summed E-state index contributed by atoms with van der Waals surface area (Å²) in [5.74, 6) is -0.554. The molecule has 8 heteroatoms. The minimum atomic E-state index is -0.662. The first-order valence-corrected chi connectivity index (χ1v) is 6.79. The van der Waals surface area contributed by atoms with Gasteiger partial charge in [0.2, 0.25) is 0 Å². The van der Waals surface area contributed by atoms with Crippen LogP contribution in [-0.2, 0) is 0 Å². The molecular weight excluding hydrogens is 280 g/mol.